The molecule has 1 saturated heterocycles. The van der Waals surface area contributed by atoms with Gasteiger partial charge in [0.15, 0.2) is 5.78 Å². The Labute approximate surface area is 237 Å². The molecule has 2 atom stereocenters. The molecule has 1 aromatic heterocycles. The van der Waals surface area contributed by atoms with Gasteiger partial charge in [-0.2, -0.15) is 0 Å². The first-order valence-corrected chi connectivity index (χ1v) is 14.6. The Balaban J connectivity index is 1.43. The molecular formula is C31H45N5O4. The minimum absolute atomic E-state index is 0.0393. The van der Waals surface area contributed by atoms with Crippen molar-refractivity contribution in [3.05, 3.63) is 36.0 Å². The highest BCUT2D eigenvalue weighted by Gasteiger charge is 2.42. The van der Waals surface area contributed by atoms with Crippen molar-refractivity contribution in [3.63, 3.8) is 0 Å². The number of nitrogens with zero attached hydrogens (tertiary/aromatic N) is 3. The molecule has 218 valence electrons. The summed E-state index contributed by atoms with van der Waals surface area (Å²) in [6, 6.07) is 7.17. The number of anilines is 1. The van der Waals surface area contributed by atoms with Gasteiger partial charge in [0.2, 0.25) is 5.91 Å². The topological polar surface area (TPSA) is 118 Å². The van der Waals surface area contributed by atoms with E-state index in [2.05, 4.69) is 15.2 Å². The predicted octanol–water partition coefficient (Wildman–Crippen LogP) is 3.69. The van der Waals surface area contributed by atoms with Gasteiger partial charge in [-0.15, -0.1) is 0 Å². The second-order valence-electron chi connectivity index (χ2n) is 12.4. The Hall–Kier alpha value is -3.04. The minimum atomic E-state index is -0.569. The van der Waals surface area contributed by atoms with Gasteiger partial charge in [-0.05, 0) is 89.0 Å². The summed E-state index contributed by atoms with van der Waals surface area (Å²) in [4.78, 5) is 47.7. The van der Waals surface area contributed by atoms with Crippen LogP contribution in [0.2, 0.25) is 0 Å². The van der Waals surface area contributed by atoms with Gasteiger partial charge in [-0.1, -0.05) is 31.4 Å². The van der Waals surface area contributed by atoms with E-state index >= 15 is 0 Å². The van der Waals surface area contributed by atoms with E-state index in [1.165, 1.54) is 6.42 Å². The third-order valence-electron chi connectivity index (χ3n) is 7.95. The molecule has 2 fully saturated rings. The van der Waals surface area contributed by atoms with E-state index in [9.17, 15) is 14.4 Å². The van der Waals surface area contributed by atoms with E-state index in [0.29, 0.717) is 12.4 Å². The first kappa shape index (κ1) is 29.9. The van der Waals surface area contributed by atoms with Crippen LogP contribution in [-0.4, -0.2) is 76.8 Å². The second-order valence-corrected chi connectivity index (χ2v) is 12.4. The van der Waals surface area contributed by atoms with E-state index < -0.39 is 5.60 Å². The number of likely N-dealkylation sites (N-methyl/N-ethyl adjacent to an activating group) is 1. The highest BCUT2D eigenvalue weighted by atomic mass is 16.6. The standard InChI is InChI=1S/C31H45N5O4/c1-31(2,3)40-27(38)20-35(4)19-26(37)28(22-9-6-5-7-10-22)36-16-8-11-25(36)30(39)34-18-21-12-13-24-23(17-21)14-15-33-29(24)32/h12-15,17,22,25,28H,5-11,16,18-20H2,1-4H3,(H2,32,33)(H,34,39)/t25-,28+/m0/s1. The first-order valence-electron chi connectivity index (χ1n) is 14.6. The lowest BCUT2D eigenvalue weighted by Crippen LogP contribution is -2.55. The molecule has 4 rings (SSSR count). The van der Waals surface area contributed by atoms with E-state index in [-0.39, 0.29) is 48.8 Å². The van der Waals surface area contributed by atoms with Crippen molar-refractivity contribution in [2.75, 3.05) is 32.4 Å². The van der Waals surface area contributed by atoms with Crippen molar-refractivity contribution in [2.24, 2.45) is 5.92 Å². The Morgan fingerprint density at radius 2 is 1.85 bits per heavy atom. The highest BCUT2D eigenvalue weighted by molar-refractivity contribution is 5.91. The number of amides is 1. The normalized spacial score (nSPS) is 19.6. The summed E-state index contributed by atoms with van der Waals surface area (Å²) in [5.74, 6) is 0.415. The number of hydrogen-bond donors (Lipinski definition) is 2. The molecule has 2 aliphatic rings. The summed E-state index contributed by atoms with van der Waals surface area (Å²) in [5, 5.41) is 5.00. The van der Waals surface area contributed by atoms with Crippen molar-refractivity contribution in [1.29, 1.82) is 0 Å². The quantitative estimate of drug-likeness (QED) is 0.430. The number of ketones is 1. The van der Waals surface area contributed by atoms with Crippen molar-refractivity contribution in [2.45, 2.75) is 89.9 Å². The maximum atomic E-state index is 13.8. The zero-order chi connectivity index (χ0) is 28.9. The molecule has 2 heterocycles. The van der Waals surface area contributed by atoms with Crippen molar-refractivity contribution in [1.82, 2.24) is 20.1 Å². The lowest BCUT2D eigenvalue weighted by molar-refractivity contribution is -0.155. The molecular weight excluding hydrogens is 506 g/mol. The SMILES string of the molecule is CN(CC(=O)OC(C)(C)C)CC(=O)[C@@H](C1CCCCC1)N1CCC[C@H]1C(=O)NCc1ccc2c(N)nccc2c1. The van der Waals surface area contributed by atoms with Gasteiger partial charge in [0.25, 0.3) is 0 Å². The third-order valence-corrected chi connectivity index (χ3v) is 7.95. The van der Waals surface area contributed by atoms with Gasteiger partial charge in [0.1, 0.15) is 11.4 Å². The van der Waals surface area contributed by atoms with Gasteiger partial charge in [0, 0.05) is 18.1 Å². The van der Waals surface area contributed by atoms with Crippen molar-refractivity contribution < 1.29 is 19.1 Å². The van der Waals surface area contributed by atoms with E-state index in [0.717, 1.165) is 61.4 Å². The molecule has 1 aliphatic carbocycles. The van der Waals surface area contributed by atoms with Gasteiger partial charge in [-0.25, -0.2) is 4.98 Å². The fraction of sp³-hybridized carbons (Fsp3) is 0.613. The van der Waals surface area contributed by atoms with Crippen LogP contribution < -0.4 is 11.1 Å². The molecule has 3 N–H and O–H groups in total. The van der Waals surface area contributed by atoms with Crippen LogP contribution in [0.15, 0.2) is 30.5 Å². The number of fused-ring (bicyclic) bond motifs is 1. The molecule has 1 aliphatic heterocycles. The number of rotatable bonds is 10. The number of esters is 1. The number of carbonyl (C=O) groups is 3. The molecule has 0 bridgehead atoms. The first-order chi connectivity index (χ1) is 19.0. The Bertz CT molecular complexity index is 1200. The highest BCUT2D eigenvalue weighted by Crippen LogP contribution is 2.33. The Morgan fingerprint density at radius 3 is 2.58 bits per heavy atom. The van der Waals surface area contributed by atoms with Crippen molar-refractivity contribution >= 4 is 34.3 Å². The average molecular weight is 552 g/mol. The monoisotopic (exact) mass is 551 g/mol. The van der Waals surface area contributed by atoms with Crippen LogP contribution in [0.25, 0.3) is 10.8 Å². The maximum Gasteiger partial charge on any atom is 0.320 e. The summed E-state index contributed by atoms with van der Waals surface area (Å²) in [6.45, 7) is 6.84. The number of likely N-dealkylation sites (tertiary alicyclic amines) is 1. The van der Waals surface area contributed by atoms with Crippen LogP contribution >= 0.6 is 0 Å². The number of hydrogen-bond acceptors (Lipinski definition) is 8. The number of carbonyl (C=O) groups excluding carboxylic acids is 3. The van der Waals surface area contributed by atoms with E-state index in [1.54, 1.807) is 18.1 Å². The summed E-state index contributed by atoms with van der Waals surface area (Å²) in [6.07, 6.45) is 8.68. The van der Waals surface area contributed by atoms with E-state index in [4.69, 9.17) is 10.5 Å². The zero-order valence-corrected chi connectivity index (χ0v) is 24.4. The molecule has 1 amide bonds. The number of Topliss-reactive ketones (excluding diaryl/α,β-unsaturated/α-hetero) is 1. The summed E-state index contributed by atoms with van der Waals surface area (Å²) >= 11 is 0. The summed E-state index contributed by atoms with van der Waals surface area (Å²) < 4.78 is 5.44. The molecule has 0 unspecified atom stereocenters. The van der Waals surface area contributed by atoms with Gasteiger partial charge < -0.3 is 15.8 Å². The van der Waals surface area contributed by atoms with Crippen LogP contribution in [0.3, 0.4) is 0 Å². The number of aromatic nitrogens is 1. The number of benzene rings is 1. The summed E-state index contributed by atoms with van der Waals surface area (Å²) in [5.41, 5.74) is 6.40. The lowest BCUT2D eigenvalue weighted by atomic mass is 9.81. The minimum Gasteiger partial charge on any atom is -0.459 e. The van der Waals surface area contributed by atoms with Crippen LogP contribution in [0.1, 0.15) is 71.3 Å². The molecule has 1 saturated carbocycles. The molecule has 0 spiro atoms. The predicted molar refractivity (Wildman–Crippen MR) is 156 cm³/mol. The van der Waals surface area contributed by atoms with Gasteiger partial charge >= 0.3 is 5.97 Å². The van der Waals surface area contributed by atoms with Crippen LogP contribution in [0.5, 0.6) is 0 Å². The second kappa shape index (κ2) is 13.1. The fourth-order valence-corrected chi connectivity index (χ4v) is 6.25. The fourth-order valence-electron chi connectivity index (χ4n) is 6.25. The average Bonchev–Trinajstić information content (AvgIpc) is 3.36. The van der Waals surface area contributed by atoms with Crippen LogP contribution in [0, 0.1) is 5.92 Å². The number of nitrogens with one attached hydrogen (secondary N) is 1. The van der Waals surface area contributed by atoms with Crippen LogP contribution in [-0.2, 0) is 25.7 Å². The zero-order valence-electron chi connectivity index (χ0n) is 24.4. The Morgan fingerprint density at radius 1 is 1.10 bits per heavy atom. The number of ether oxygens (including phenoxy) is 1. The smallest absolute Gasteiger partial charge is 0.320 e. The largest absolute Gasteiger partial charge is 0.459 e. The molecule has 2 aromatic rings. The number of pyridine rings is 1. The molecule has 9 nitrogen and oxygen atoms in total. The number of nitrogens with two attached hydrogens (primary N) is 1. The molecule has 0 radical (unpaired) electrons. The summed E-state index contributed by atoms with van der Waals surface area (Å²) in [7, 11) is 1.78. The van der Waals surface area contributed by atoms with E-state index in [1.807, 2.05) is 45.0 Å². The molecule has 9 heteroatoms. The van der Waals surface area contributed by atoms with Gasteiger partial charge in [-0.3, -0.25) is 24.2 Å². The molecule has 1 aromatic carbocycles. The number of nitrogen functional groups attached to an aromatic ring is 1. The maximum absolute atomic E-state index is 13.8. The Kier molecular flexibility index (Phi) is 9.79. The van der Waals surface area contributed by atoms with Gasteiger partial charge in [0.05, 0.1) is 25.2 Å². The molecule has 40 heavy (non-hydrogen) atoms. The lowest BCUT2D eigenvalue weighted by Gasteiger charge is -2.39. The third kappa shape index (κ3) is 7.79. The van der Waals surface area contributed by atoms with Crippen LogP contribution in [0.4, 0.5) is 5.82 Å². The van der Waals surface area contributed by atoms with Crippen molar-refractivity contribution in [3.8, 4) is 0 Å².